The molecule has 0 aromatic heterocycles. The number of carbonyl (C=O) groups excluding carboxylic acids is 4. The van der Waals surface area contributed by atoms with Crippen molar-refractivity contribution in [2.75, 3.05) is 18.5 Å². The number of ether oxygens (including phenoxy) is 1. The van der Waals surface area contributed by atoms with E-state index >= 15 is 0 Å². The number of amides is 1. The Hall–Kier alpha value is -4.75. The first-order valence-corrected chi connectivity index (χ1v) is 19.6. The molecule has 0 aliphatic rings. The summed E-state index contributed by atoms with van der Waals surface area (Å²) in [5.74, 6) is -5.27. The van der Waals surface area contributed by atoms with Gasteiger partial charge in [0, 0.05) is 24.4 Å². The Morgan fingerprint density at radius 1 is 0.833 bits per heavy atom. The highest BCUT2D eigenvalue weighted by atomic mass is 32.2. The summed E-state index contributed by atoms with van der Waals surface area (Å²) < 4.78 is 57.8. The van der Waals surface area contributed by atoms with Gasteiger partial charge in [-0.1, -0.05) is 127 Å². The summed E-state index contributed by atoms with van der Waals surface area (Å²) in [7, 11) is -3.63. The molecule has 4 atom stereocenters. The number of alkyl halides is 3. The largest absolute Gasteiger partial charge is 0.542 e. The first-order valence-electron chi connectivity index (χ1n) is 16.8. The van der Waals surface area contributed by atoms with Crippen molar-refractivity contribution < 1.29 is 57.0 Å². The number of rotatable bonds is 16. The van der Waals surface area contributed by atoms with Crippen LogP contribution in [0.15, 0.2) is 115 Å². The highest BCUT2D eigenvalue weighted by Crippen LogP contribution is 2.57. The van der Waals surface area contributed by atoms with E-state index in [-0.39, 0.29) is 30.9 Å². The number of quaternary nitrogens is 1. The van der Waals surface area contributed by atoms with Crippen LogP contribution in [0.2, 0.25) is 0 Å². The van der Waals surface area contributed by atoms with Crippen LogP contribution in [0.1, 0.15) is 36.3 Å². The summed E-state index contributed by atoms with van der Waals surface area (Å²) in [6.07, 6.45) is -5.05. The molecule has 15 heteroatoms. The molecule has 288 valence electrons. The van der Waals surface area contributed by atoms with Crippen LogP contribution in [-0.2, 0) is 46.0 Å². The molecular weight excluding hydrogens is 744 g/mol. The van der Waals surface area contributed by atoms with Crippen LogP contribution in [-0.4, -0.2) is 53.7 Å². The van der Waals surface area contributed by atoms with Crippen molar-refractivity contribution in [3.63, 3.8) is 0 Å². The Morgan fingerprint density at radius 3 is 1.89 bits per heavy atom. The van der Waals surface area contributed by atoms with E-state index in [4.69, 9.17) is 19.2 Å². The highest BCUT2D eigenvalue weighted by molar-refractivity contribution is 8.13. The smallest absolute Gasteiger partial charge is 0.430 e. The normalized spacial score (nSPS) is 13.9. The number of carboxylic acid groups (broad SMARTS) is 1. The molecule has 4 aromatic rings. The minimum Gasteiger partial charge on any atom is -0.542 e. The number of thioether (sulfide) groups is 1. The zero-order valence-electron chi connectivity index (χ0n) is 29.7. The number of esters is 1. The second kappa shape index (κ2) is 21.2. The fourth-order valence-electron chi connectivity index (χ4n) is 5.09. The van der Waals surface area contributed by atoms with Crippen LogP contribution in [0, 0.1) is 5.92 Å². The molecule has 4 N–H and O–H groups in total. The molecule has 1 amide bonds. The molecule has 0 radical (unpaired) electrons. The van der Waals surface area contributed by atoms with E-state index in [0.29, 0.717) is 5.75 Å². The minimum absolute atomic E-state index is 0.0582. The lowest BCUT2D eigenvalue weighted by atomic mass is 9.97. The summed E-state index contributed by atoms with van der Waals surface area (Å²) >= 11 is 1.09. The zero-order valence-corrected chi connectivity index (χ0v) is 31.4. The number of benzene rings is 4. The van der Waals surface area contributed by atoms with Gasteiger partial charge in [-0.05, 0) is 35.6 Å². The maximum Gasteiger partial charge on any atom is 0.430 e. The van der Waals surface area contributed by atoms with Gasteiger partial charge < -0.3 is 30.2 Å². The third-order valence-corrected chi connectivity index (χ3v) is 11.5. The SMILES string of the molecule is CC(=O)SCCOP(=O)(C[C@@H](Cc1ccc(-c2ccccc2)cc1)C(=O)N[C@@H](C)C(=O)OCc1ccccc1)[C@@H]([NH3+])c1ccccc1.O=C([O-])C(F)(F)F. The monoisotopic (exact) mass is 786 g/mol. The molecule has 0 heterocycles. The third-order valence-electron chi connectivity index (χ3n) is 7.91. The second-order valence-electron chi connectivity index (χ2n) is 12.1. The van der Waals surface area contributed by atoms with Crippen molar-refractivity contribution in [2.24, 2.45) is 5.92 Å². The van der Waals surface area contributed by atoms with Gasteiger partial charge in [-0.2, -0.15) is 13.2 Å². The average Bonchev–Trinajstić information content (AvgIpc) is 3.16. The first-order chi connectivity index (χ1) is 25.6. The topological polar surface area (TPSA) is 167 Å². The maximum absolute atomic E-state index is 14.7. The van der Waals surface area contributed by atoms with Gasteiger partial charge in [-0.15, -0.1) is 0 Å². The Labute approximate surface area is 316 Å². The van der Waals surface area contributed by atoms with E-state index in [1.54, 1.807) is 6.92 Å². The summed E-state index contributed by atoms with van der Waals surface area (Å²) in [6, 6.07) is 35.4. The Bertz CT molecular complexity index is 1850. The van der Waals surface area contributed by atoms with Crippen molar-refractivity contribution in [2.45, 2.75) is 44.9 Å². The van der Waals surface area contributed by atoms with E-state index < -0.39 is 49.1 Å². The van der Waals surface area contributed by atoms with Crippen LogP contribution < -0.4 is 16.2 Å². The van der Waals surface area contributed by atoms with Gasteiger partial charge in [0.1, 0.15) is 18.6 Å². The number of hydrogen-bond acceptors (Lipinski definition) is 9. The van der Waals surface area contributed by atoms with Gasteiger partial charge in [-0.25, -0.2) is 4.79 Å². The van der Waals surface area contributed by atoms with E-state index in [2.05, 4.69) is 11.1 Å². The van der Waals surface area contributed by atoms with Crippen LogP contribution in [0.5, 0.6) is 0 Å². The lowest BCUT2D eigenvalue weighted by Crippen LogP contribution is -2.54. The molecule has 0 bridgehead atoms. The third kappa shape index (κ3) is 14.6. The van der Waals surface area contributed by atoms with E-state index in [1.807, 2.05) is 115 Å². The molecule has 0 fully saturated rings. The Morgan fingerprint density at radius 2 is 1.35 bits per heavy atom. The summed E-state index contributed by atoms with van der Waals surface area (Å²) in [5, 5.41) is 11.5. The zero-order chi connectivity index (χ0) is 39.7. The first kappa shape index (κ1) is 43.7. The molecule has 4 aromatic carbocycles. The Kier molecular flexibility index (Phi) is 17.2. The second-order valence-corrected chi connectivity index (χ2v) is 16.1. The molecule has 0 aliphatic heterocycles. The predicted octanol–water partition coefficient (Wildman–Crippen LogP) is 5.57. The molecule has 54 heavy (non-hydrogen) atoms. The van der Waals surface area contributed by atoms with Crippen molar-refractivity contribution in [3.8, 4) is 11.1 Å². The average molecular weight is 787 g/mol. The molecule has 1 unspecified atom stereocenters. The van der Waals surface area contributed by atoms with Crippen molar-refractivity contribution in [1.82, 2.24) is 5.32 Å². The molecule has 0 saturated carbocycles. The number of hydrogen-bond donors (Lipinski definition) is 2. The number of carbonyl (C=O) groups is 4. The molecule has 0 saturated heterocycles. The maximum atomic E-state index is 14.7. The summed E-state index contributed by atoms with van der Waals surface area (Å²) in [6.45, 7) is 3.18. The fourth-order valence-corrected chi connectivity index (χ4v) is 8.14. The lowest BCUT2D eigenvalue weighted by molar-refractivity contribution is -0.397. The van der Waals surface area contributed by atoms with Crippen molar-refractivity contribution in [3.05, 3.63) is 132 Å². The standard InChI is InChI=1S/C37H41N2O6PS.C2HF3O2/c1-27(37(42)44-25-30-12-6-3-7-13-30)39-36(41)34(24-29-18-20-32(21-19-29)31-14-8-4-9-15-31)26-46(43,45-22-23-47-28(2)40)35(38)33-16-10-5-11-17-33;3-2(4,5)1(6)7/h3-21,27,34-35H,22-26,38H2,1-2H3,(H,39,41);(H,6,7)/t27-,34+,35+,46?;/m0./s1. The van der Waals surface area contributed by atoms with Gasteiger partial charge in [0.2, 0.25) is 5.91 Å². The van der Waals surface area contributed by atoms with Gasteiger partial charge >= 0.3 is 12.1 Å². The van der Waals surface area contributed by atoms with Crippen molar-refractivity contribution in [1.29, 1.82) is 0 Å². The molecule has 0 spiro atoms. The summed E-state index contributed by atoms with van der Waals surface area (Å²) in [5.41, 5.74) is 8.75. The van der Waals surface area contributed by atoms with Gasteiger partial charge in [0.15, 0.2) is 10.9 Å². The predicted molar refractivity (Wildman–Crippen MR) is 198 cm³/mol. The molecule has 4 rings (SSSR count). The van der Waals surface area contributed by atoms with Gasteiger partial charge in [-0.3, -0.25) is 14.2 Å². The summed E-state index contributed by atoms with van der Waals surface area (Å²) in [4.78, 5) is 47.1. The minimum atomic E-state index is -5.19. The van der Waals surface area contributed by atoms with Crippen LogP contribution >= 0.6 is 19.1 Å². The van der Waals surface area contributed by atoms with Gasteiger partial charge in [0.05, 0.1) is 12.5 Å². The number of carboxylic acids is 1. The molecule has 10 nitrogen and oxygen atoms in total. The van der Waals surface area contributed by atoms with E-state index in [9.17, 15) is 32.1 Å². The van der Waals surface area contributed by atoms with Crippen LogP contribution in [0.3, 0.4) is 0 Å². The number of halogens is 3. The molecular formula is C39H42F3N2O8PS. The highest BCUT2D eigenvalue weighted by Gasteiger charge is 2.41. The quantitative estimate of drug-likeness (QED) is 0.0839. The fraction of sp³-hybridized carbons (Fsp3) is 0.282. The van der Waals surface area contributed by atoms with E-state index in [0.717, 1.165) is 39.6 Å². The molecule has 0 aliphatic carbocycles. The van der Waals surface area contributed by atoms with Crippen molar-refractivity contribution >= 4 is 42.1 Å². The van der Waals surface area contributed by atoms with E-state index in [1.165, 1.54) is 6.92 Å². The Balaban J connectivity index is 0.00000102. The lowest BCUT2D eigenvalue weighted by Gasteiger charge is -2.27. The van der Waals surface area contributed by atoms with Crippen LogP contribution in [0.4, 0.5) is 13.2 Å². The van der Waals surface area contributed by atoms with Gasteiger partial charge in [0.25, 0.3) is 7.37 Å². The van der Waals surface area contributed by atoms with Crippen LogP contribution in [0.25, 0.3) is 11.1 Å². The number of nitrogens with one attached hydrogen (secondary N) is 1. The number of aliphatic carboxylic acids is 1.